The van der Waals surface area contributed by atoms with E-state index in [4.69, 9.17) is 15.0 Å². The predicted octanol–water partition coefficient (Wildman–Crippen LogP) is 1.91. The lowest BCUT2D eigenvalue weighted by Gasteiger charge is -2.19. The zero-order valence-corrected chi connectivity index (χ0v) is 13.0. The van der Waals surface area contributed by atoms with Gasteiger partial charge in [-0.05, 0) is 39.3 Å². The van der Waals surface area contributed by atoms with E-state index in [0.29, 0.717) is 19.8 Å². The largest absolute Gasteiger partial charge is 0.444 e. The van der Waals surface area contributed by atoms with Crippen LogP contribution >= 0.6 is 0 Å². The summed E-state index contributed by atoms with van der Waals surface area (Å²) < 4.78 is 10.6. The van der Waals surface area contributed by atoms with Crippen LogP contribution in [0.4, 0.5) is 4.79 Å². The molecule has 0 aromatic carbocycles. The van der Waals surface area contributed by atoms with Crippen molar-refractivity contribution in [3.63, 3.8) is 0 Å². The van der Waals surface area contributed by atoms with E-state index in [1.165, 1.54) is 0 Å². The van der Waals surface area contributed by atoms with Gasteiger partial charge in [0.2, 0.25) is 0 Å². The number of ether oxygens (including phenoxy) is 2. The Bertz CT molecular complexity index is 376. The Morgan fingerprint density at radius 2 is 2.24 bits per heavy atom. The zero-order valence-electron chi connectivity index (χ0n) is 13.0. The van der Waals surface area contributed by atoms with Gasteiger partial charge in [0.05, 0.1) is 19.3 Å². The summed E-state index contributed by atoms with van der Waals surface area (Å²) in [4.78, 5) is 16.4. The van der Waals surface area contributed by atoms with Gasteiger partial charge in [0.25, 0.3) is 0 Å². The number of nitrogens with zero attached hydrogens (tertiary/aromatic N) is 4. The molecule has 1 aliphatic rings. The van der Waals surface area contributed by atoms with Crippen molar-refractivity contribution in [1.29, 1.82) is 0 Å². The van der Waals surface area contributed by atoms with Gasteiger partial charge in [-0.25, -0.2) is 4.79 Å². The predicted molar refractivity (Wildman–Crippen MR) is 79.0 cm³/mol. The number of alkyl carbamates (subject to hydrolysis) is 1. The molecule has 1 N–H and O–H groups in total. The minimum atomic E-state index is -0.483. The fraction of sp³-hybridized carbons (Fsp3) is 0.923. The second-order valence-corrected chi connectivity index (χ2v) is 5.99. The van der Waals surface area contributed by atoms with Crippen LogP contribution in [0.3, 0.4) is 0 Å². The SMILES string of the molecule is CC(C)(C)OC(=O)NCCOCCN1CCC(N=[N+]=[N-])C1. The number of amides is 1. The molecule has 0 spiro atoms. The first-order chi connectivity index (χ1) is 9.90. The maximum atomic E-state index is 11.4. The molecule has 0 aromatic heterocycles. The first-order valence-corrected chi connectivity index (χ1v) is 7.22. The Hall–Kier alpha value is -1.50. The Morgan fingerprint density at radius 3 is 2.90 bits per heavy atom. The molecule has 1 unspecified atom stereocenters. The molecule has 8 heteroatoms. The summed E-state index contributed by atoms with van der Waals surface area (Å²) in [6.45, 7) is 9.48. The first-order valence-electron chi connectivity index (χ1n) is 7.22. The molecule has 0 aliphatic carbocycles. The van der Waals surface area contributed by atoms with Gasteiger partial charge in [0, 0.05) is 24.5 Å². The molecular formula is C13H25N5O3. The minimum absolute atomic E-state index is 0.0869. The van der Waals surface area contributed by atoms with Crippen LogP contribution in [0, 0.1) is 0 Å². The van der Waals surface area contributed by atoms with E-state index in [2.05, 4.69) is 20.2 Å². The fourth-order valence-electron chi connectivity index (χ4n) is 2.02. The highest BCUT2D eigenvalue weighted by atomic mass is 16.6. The van der Waals surface area contributed by atoms with Gasteiger partial charge < -0.3 is 19.7 Å². The Balaban J connectivity index is 1.98. The summed E-state index contributed by atoms with van der Waals surface area (Å²) >= 11 is 0. The third-order valence-electron chi connectivity index (χ3n) is 2.93. The van der Waals surface area contributed by atoms with Crippen LogP contribution in [0.1, 0.15) is 27.2 Å². The van der Waals surface area contributed by atoms with Gasteiger partial charge in [0.15, 0.2) is 0 Å². The normalized spacial score (nSPS) is 19.1. The lowest BCUT2D eigenvalue weighted by atomic mass is 10.2. The highest BCUT2D eigenvalue weighted by Crippen LogP contribution is 2.11. The summed E-state index contributed by atoms with van der Waals surface area (Å²) in [6.07, 6.45) is 0.479. The van der Waals surface area contributed by atoms with E-state index in [1.54, 1.807) is 0 Å². The molecule has 120 valence electrons. The van der Waals surface area contributed by atoms with Gasteiger partial charge in [0.1, 0.15) is 5.60 Å². The maximum absolute atomic E-state index is 11.4. The zero-order chi connectivity index (χ0) is 15.7. The number of rotatable bonds is 7. The molecule has 1 fully saturated rings. The van der Waals surface area contributed by atoms with Crippen LogP contribution in [0.15, 0.2) is 5.11 Å². The molecule has 1 saturated heterocycles. The molecule has 0 saturated carbocycles. The Labute approximate surface area is 125 Å². The molecule has 0 radical (unpaired) electrons. The smallest absolute Gasteiger partial charge is 0.407 e. The van der Waals surface area contributed by atoms with Crippen molar-refractivity contribution in [1.82, 2.24) is 10.2 Å². The summed E-state index contributed by atoms with van der Waals surface area (Å²) in [5.74, 6) is 0. The lowest BCUT2D eigenvalue weighted by Crippen LogP contribution is -2.34. The van der Waals surface area contributed by atoms with Crippen molar-refractivity contribution in [2.45, 2.75) is 38.8 Å². The van der Waals surface area contributed by atoms with Crippen LogP contribution in [0.25, 0.3) is 10.4 Å². The Morgan fingerprint density at radius 1 is 1.48 bits per heavy atom. The van der Waals surface area contributed by atoms with Crippen molar-refractivity contribution in [3.8, 4) is 0 Å². The molecule has 1 amide bonds. The van der Waals surface area contributed by atoms with Gasteiger partial charge >= 0.3 is 6.09 Å². The van der Waals surface area contributed by atoms with Crippen molar-refractivity contribution in [2.75, 3.05) is 39.4 Å². The molecule has 1 rings (SSSR count). The number of hydrogen-bond donors (Lipinski definition) is 1. The van der Waals surface area contributed by atoms with E-state index in [-0.39, 0.29) is 6.04 Å². The van der Waals surface area contributed by atoms with Crippen molar-refractivity contribution < 1.29 is 14.3 Å². The summed E-state index contributed by atoms with van der Waals surface area (Å²) in [6, 6.07) is 0.0869. The van der Waals surface area contributed by atoms with E-state index in [9.17, 15) is 4.79 Å². The van der Waals surface area contributed by atoms with Gasteiger partial charge in [-0.15, -0.1) is 0 Å². The van der Waals surface area contributed by atoms with Crippen molar-refractivity contribution in [2.24, 2.45) is 5.11 Å². The summed E-state index contributed by atoms with van der Waals surface area (Å²) in [5, 5.41) is 6.35. The van der Waals surface area contributed by atoms with Crippen LogP contribution in [-0.4, -0.2) is 62.0 Å². The van der Waals surface area contributed by atoms with Crippen LogP contribution in [0.2, 0.25) is 0 Å². The number of likely N-dealkylation sites (tertiary alicyclic amines) is 1. The van der Waals surface area contributed by atoms with Crippen molar-refractivity contribution >= 4 is 6.09 Å². The second-order valence-electron chi connectivity index (χ2n) is 5.99. The standard InChI is InChI=1S/C13H25N5O3/c1-13(2,3)21-12(19)15-5-8-20-9-7-18-6-4-11(10-18)16-17-14/h11H,4-10H2,1-3H3,(H,15,19). The highest BCUT2D eigenvalue weighted by Gasteiger charge is 2.20. The first kappa shape index (κ1) is 17.6. The third-order valence-corrected chi connectivity index (χ3v) is 2.93. The average Bonchev–Trinajstić information content (AvgIpc) is 2.79. The van der Waals surface area contributed by atoms with Gasteiger partial charge in [-0.3, -0.25) is 0 Å². The molecule has 1 heterocycles. The number of azide groups is 1. The average molecular weight is 299 g/mol. The number of carbonyl (C=O) groups is 1. The monoisotopic (exact) mass is 299 g/mol. The van der Waals surface area contributed by atoms with E-state index in [1.807, 2.05) is 20.8 Å². The number of hydrogen-bond acceptors (Lipinski definition) is 5. The molecule has 0 aromatic rings. The molecule has 1 aliphatic heterocycles. The molecule has 1 atom stereocenters. The maximum Gasteiger partial charge on any atom is 0.407 e. The summed E-state index contributed by atoms with van der Waals surface area (Å²) in [5.41, 5.74) is 7.89. The van der Waals surface area contributed by atoms with Crippen LogP contribution in [-0.2, 0) is 9.47 Å². The summed E-state index contributed by atoms with van der Waals surface area (Å²) in [7, 11) is 0. The second kappa shape index (κ2) is 8.71. The van der Waals surface area contributed by atoms with Gasteiger partial charge in [-0.1, -0.05) is 5.11 Å². The quantitative estimate of drug-likeness (QED) is 0.336. The van der Waals surface area contributed by atoms with E-state index in [0.717, 1.165) is 26.1 Å². The van der Waals surface area contributed by atoms with E-state index >= 15 is 0 Å². The molecule has 8 nitrogen and oxygen atoms in total. The van der Waals surface area contributed by atoms with Crippen LogP contribution in [0.5, 0.6) is 0 Å². The minimum Gasteiger partial charge on any atom is -0.444 e. The molecular weight excluding hydrogens is 274 g/mol. The molecule has 21 heavy (non-hydrogen) atoms. The highest BCUT2D eigenvalue weighted by molar-refractivity contribution is 5.67. The number of carbonyl (C=O) groups excluding carboxylic acids is 1. The fourth-order valence-corrected chi connectivity index (χ4v) is 2.02. The number of nitrogens with one attached hydrogen (secondary N) is 1. The lowest BCUT2D eigenvalue weighted by molar-refractivity contribution is 0.0493. The third kappa shape index (κ3) is 8.39. The Kier molecular flexibility index (Phi) is 7.28. The van der Waals surface area contributed by atoms with Crippen molar-refractivity contribution in [3.05, 3.63) is 10.4 Å². The van der Waals surface area contributed by atoms with Crippen LogP contribution < -0.4 is 5.32 Å². The molecule has 0 bridgehead atoms. The van der Waals surface area contributed by atoms with Gasteiger partial charge in [-0.2, -0.15) is 0 Å². The topological polar surface area (TPSA) is 99.6 Å². The van der Waals surface area contributed by atoms with E-state index < -0.39 is 11.7 Å².